The Kier molecular flexibility index (Phi) is 8.30. The van der Waals surface area contributed by atoms with Gasteiger partial charge in [-0.15, -0.1) is 0 Å². The second-order valence-electron chi connectivity index (χ2n) is 10.3. The van der Waals surface area contributed by atoms with E-state index >= 15 is 0 Å². The lowest BCUT2D eigenvalue weighted by atomic mass is 9.86. The molecule has 0 radical (unpaired) electrons. The van der Waals surface area contributed by atoms with Gasteiger partial charge < -0.3 is 20.5 Å². The molecule has 1 atom stereocenters. The Morgan fingerprint density at radius 2 is 1.62 bits per heavy atom. The highest BCUT2D eigenvalue weighted by molar-refractivity contribution is 5.86. The van der Waals surface area contributed by atoms with Crippen LogP contribution < -0.4 is 10.5 Å². The van der Waals surface area contributed by atoms with Gasteiger partial charge in [-0.05, 0) is 55.7 Å². The van der Waals surface area contributed by atoms with E-state index in [1.807, 2.05) is 112 Å². The molecule has 7 nitrogen and oxygen atoms in total. The average molecular weight is 524 g/mol. The molecule has 7 heteroatoms. The van der Waals surface area contributed by atoms with E-state index in [0.717, 1.165) is 16.7 Å². The van der Waals surface area contributed by atoms with Crippen molar-refractivity contribution < 1.29 is 19.4 Å². The Labute approximate surface area is 228 Å². The summed E-state index contributed by atoms with van der Waals surface area (Å²) in [5.41, 5.74) is 9.69. The van der Waals surface area contributed by atoms with Crippen molar-refractivity contribution in [2.24, 2.45) is 0 Å². The lowest BCUT2D eigenvalue weighted by Gasteiger charge is -2.36. The number of carbonyl (C=O) groups excluding carboxylic acids is 1. The maximum absolute atomic E-state index is 12.3. The minimum absolute atomic E-state index is 0.0777. The molecule has 39 heavy (non-hydrogen) atoms. The molecule has 0 saturated heterocycles. The average Bonchev–Trinajstić information content (AvgIpc) is 2.92. The van der Waals surface area contributed by atoms with Gasteiger partial charge in [0.15, 0.2) is 6.29 Å². The number of anilines is 1. The molecule has 0 aliphatic carbocycles. The SMILES string of the molecule is CC(C)(C)N(CC(c1ccccc1)c1cc(-c2ccccc2OCc2ccccc2)nc(N)c1C=O)C(=O)O. The number of nitrogen functional groups attached to an aromatic ring is 1. The van der Waals surface area contributed by atoms with Crippen LogP contribution in [0.4, 0.5) is 10.6 Å². The third-order valence-corrected chi connectivity index (χ3v) is 6.62. The molecule has 0 saturated carbocycles. The number of hydrogen-bond acceptors (Lipinski definition) is 5. The Balaban J connectivity index is 1.83. The monoisotopic (exact) mass is 523 g/mol. The molecule has 1 aromatic heterocycles. The van der Waals surface area contributed by atoms with Crippen molar-refractivity contribution in [2.45, 2.75) is 38.8 Å². The summed E-state index contributed by atoms with van der Waals surface area (Å²) in [5.74, 6) is 0.230. The van der Waals surface area contributed by atoms with E-state index in [-0.39, 0.29) is 17.9 Å². The number of hydrogen-bond donors (Lipinski definition) is 2. The smallest absolute Gasteiger partial charge is 0.407 e. The van der Waals surface area contributed by atoms with Crippen molar-refractivity contribution >= 4 is 18.2 Å². The van der Waals surface area contributed by atoms with Crippen LogP contribution in [-0.4, -0.2) is 39.5 Å². The zero-order valence-corrected chi connectivity index (χ0v) is 22.4. The summed E-state index contributed by atoms with van der Waals surface area (Å²) in [4.78, 5) is 30.5. The van der Waals surface area contributed by atoms with Crippen LogP contribution in [0.2, 0.25) is 0 Å². The van der Waals surface area contributed by atoms with Crippen molar-refractivity contribution in [1.82, 2.24) is 9.88 Å². The van der Waals surface area contributed by atoms with Crippen LogP contribution in [0.15, 0.2) is 91.0 Å². The summed E-state index contributed by atoms with van der Waals surface area (Å²) in [7, 11) is 0. The van der Waals surface area contributed by atoms with Gasteiger partial charge >= 0.3 is 6.09 Å². The van der Waals surface area contributed by atoms with Gasteiger partial charge in [0.25, 0.3) is 0 Å². The maximum atomic E-state index is 12.3. The van der Waals surface area contributed by atoms with E-state index in [0.29, 0.717) is 29.9 Å². The van der Waals surface area contributed by atoms with Crippen LogP contribution in [0.25, 0.3) is 11.3 Å². The number of rotatable bonds is 9. The fourth-order valence-corrected chi connectivity index (χ4v) is 4.58. The van der Waals surface area contributed by atoms with Crippen LogP contribution in [0.5, 0.6) is 5.75 Å². The van der Waals surface area contributed by atoms with Gasteiger partial charge in [-0.1, -0.05) is 72.8 Å². The highest BCUT2D eigenvalue weighted by Crippen LogP contribution is 2.37. The summed E-state index contributed by atoms with van der Waals surface area (Å²) in [5, 5.41) is 10.1. The molecule has 3 N–H and O–H groups in total. The first-order valence-corrected chi connectivity index (χ1v) is 12.8. The van der Waals surface area contributed by atoms with E-state index in [1.54, 1.807) is 0 Å². The molecule has 4 aromatic rings. The molecular weight excluding hydrogens is 490 g/mol. The number of para-hydroxylation sites is 1. The number of pyridine rings is 1. The standard InChI is InChI=1S/C32H33N3O4/c1-32(2,3)35(31(37)38)19-26(23-14-8-5-9-15-23)25-18-28(34-30(33)27(25)20-36)24-16-10-11-17-29(24)39-21-22-12-6-4-7-13-22/h4-18,20,26H,19,21H2,1-3H3,(H2,33,34)(H,37,38). The lowest BCUT2D eigenvalue weighted by Crippen LogP contribution is -2.47. The zero-order valence-electron chi connectivity index (χ0n) is 22.4. The summed E-state index contributed by atoms with van der Waals surface area (Å²) < 4.78 is 6.16. The summed E-state index contributed by atoms with van der Waals surface area (Å²) in [6, 6.07) is 28.7. The maximum Gasteiger partial charge on any atom is 0.407 e. The van der Waals surface area contributed by atoms with E-state index in [2.05, 4.69) is 4.98 Å². The van der Waals surface area contributed by atoms with E-state index < -0.39 is 17.6 Å². The first-order valence-electron chi connectivity index (χ1n) is 12.8. The molecule has 0 bridgehead atoms. The highest BCUT2D eigenvalue weighted by atomic mass is 16.5. The molecule has 0 fully saturated rings. The Morgan fingerprint density at radius 3 is 2.23 bits per heavy atom. The molecule has 200 valence electrons. The molecule has 1 heterocycles. The Hall–Kier alpha value is -4.65. The molecule has 0 aliphatic heterocycles. The Bertz CT molecular complexity index is 1430. The molecule has 1 unspecified atom stereocenters. The number of aldehydes is 1. The van der Waals surface area contributed by atoms with Crippen LogP contribution in [0, 0.1) is 0 Å². The van der Waals surface area contributed by atoms with E-state index in [1.165, 1.54) is 4.90 Å². The van der Waals surface area contributed by atoms with Crippen LogP contribution in [0.1, 0.15) is 53.7 Å². The number of amides is 1. The van der Waals surface area contributed by atoms with Crippen molar-refractivity contribution in [3.63, 3.8) is 0 Å². The quantitative estimate of drug-likeness (QED) is 0.239. The first-order chi connectivity index (χ1) is 18.7. The van der Waals surface area contributed by atoms with Gasteiger partial charge in [0.2, 0.25) is 0 Å². The predicted octanol–water partition coefficient (Wildman–Crippen LogP) is 6.63. The second kappa shape index (κ2) is 11.8. The van der Waals surface area contributed by atoms with Crippen LogP contribution in [-0.2, 0) is 6.61 Å². The van der Waals surface area contributed by atoms with E-state index in [4.69, 9.17) is 10.5 Å². The molecule has 0 aliphatic rings. The highest BCUT2D eigenvalue weighted by Gasteiger charge is 2.32. The minimum Gasteiger partial charge on any atom is -0.488 e. The van der Waals surface area contributed by atoms with E-state index in [9.17, 15) is 14.7 Å². The number of nitrogens with two attached hydrogens (primary N) is 1. The fourth-order valence-electron chi connectivity index (χ4n) is 4.58. The third-order valence-electron chi connectivity index (χ3n) is 6.62. The van der Waals surface area contributed by atoms with Gasteiger partial charge in [-0.2, -0.15) is 0 Å². The van der Waals surface area contributed by atoms with Crippen LogP contribution in [0.3, 0.4) is 0 Å². The number of carboxylic acid groups (broad SMARTS) is 1. The van der Waals surface area contributed by atoms with Crippen molar-refractivity contribution in [3.05, 3.63) is 113 Å². The summed E-state index contributed by atoms with van der Waals surface area (Å²) in [6.45, 7) is 6.03. The molecule has 4 rings (SSSR count). The largest absolute Gasteiger partial charge is 0.488 e. The van der Waals surface area contributed by atoms with Gasteiger partial charge in [0.1, 0.15) is 18.2 Å². The topological polar surface area (TPSA) is 106 Å². The number of nitrogens with zero attached hydrogens (tertiary/aromatic N) is 2. The van der Waals surface area contributed by atoms with Gasteiger partial charge in [-0.25, -0.2) is 9.78 Å². The number of aromatic nitrogens is 1. The Morgan fingerprint density at radius 1 is 1.00 bits per heavy atom. The molecule has 1 amide bonds. The number of carbonyl (C=O) groups is 2. The molecule has 0 spiro atoms. The van der Waals surface area contributed by atoms with Gasteiger partial charge in [0, 0.05) is 23.6 Å². The molecular formula is C32H33N3O4. The number of ether oxygens (including phenoxy) is 1. The van der Waals surface area contributed by atoms with Crippen molar-refractivity contribution in [2.75, 3.05) is 12.3 Å². The summed E-state index contributed by atoms with van der Waals surface area (Å²) >= 11 is 0. The lowest BCUT2D eigenvalue weighted by molar-refractivity contribution is 0.0981. The van der Waals surface area contributed by atoms with Gasteiger partial charge in [-0.3, -0.25) is 4.79 Å². The fraction of sp³-hybridized carbons (Fsp3) is 0.219. The summed E-state index contributed by atoms with van der Waals surface area (Å²) in [6.07, 6.45) is -0.352. The third kappa shape index (κ3) is 6.44. The van der Waals surface area contributed by atoms with Crippen molar-refractivity contribution in [3.8, 4) is 17.0 Å². The van der Waals surface area contributed by atoms with Crippen molar-refractivity contribution in [1.29, 1.82) is 0 Å². The van der Waals surface area contributed by atoms with Gasteiger partial charge in [0.05, 0.1) is 11.3 Å². The predicted molar refractivity (Wildman–Crippen MR) is 153 cm³/mol. The normalized spacial score (nSPS) is 12.0. The molecule has 3 aromatic carbocycles. The first kappa shape index (κ1) is 27.4. The minimum atomic E-state index is -1.04. The number of benzene rings is 3. The van der Waals surface area contributed by atoms with Crippen LogP contribution >= 0.6 is 0 Å². The second-order valence-corrected chi connectivity index (χ2v) is 10.3. The zero-order chi connectivity index (χ0) is 28.0.